The number of halogens is 3. The third-order valence-electron chi connectivity index (χ3n) is 5.11. The van der Waals surface area contributed by atoms with Gasteiger partial charge in [-0.3, -0.25) is 9.48 Å². The summed E-state index contributed by atoms with van der Waals surface area (Å²) in [7, 11) is 1.76. The first kappa shape index (κ1) is 19.4. The van der Waals surface area contributed by atoms with Crippen molar-refractivity contribution in [3.05, 3.63) is 62.1 Å². The number of nitrogens with two attached hydrogens (primary N) is 1. The SMILES string of the molecule is Cn1ncc(Cl)c1-c1cc(C(=O)NC2(CN)CC2c2cccc(F)c2)sc1Cl. The van der Waals surface area contributed by atoms with Crippen LogP contribution in [0.4, 0.5) is 4.39 Å². The Bertz CT molecular complexity index is 1050. The monoisotopic (exact) mass is 438 g/mol. The van der Waals surface area contributed by atoms with Crippen LogP contribution in [-0.2, 0) is 7.05 Å². The molecule has 1 saturated carbocycles. The van der Waals surface area contributed by atoms with Gasteiger partial charge in [0.2, 0.25) is 0 Å². The first-order chi connectivity index (χ1) is 13.3. The van der Waals surface area contributed by atoms with Crippen LogP contribution in [0.3, 0.4) is 0 Å². The molecule has 1 aliphatic rings. The molecule has 2 atom stereocenters. The van der Waals surface area contributed by atoms with Crippen LogP contribution < -0.4 is 11.1 Å². The molecule has 3 N–H and O–H groups in total. The quantitative estimate of drug-likeness (QED) is 0.626. The molecule has 0 aliphatic heterocycles. The summed E-state index contributed by atoms with van der Waals surface area (Å²) >= 11 is 13.7. The van der Waals surface area contributed by atoms with Gasteiger partial charge < -0.3 is 11.1 Å². The van der Waals surface area contributed by atoms with Crippen molar-refractivity contribution in [2.75, 3.05) is 6.54 Å². The molecular formula is C19H17Cl2FN4OS. The van der Waals surface area contributed by atoms with E-state index in [1.807, 2.05) is 6.07 Å². The summed E-state index contributed by atoms with van der Waals surface area (Å²) in [5, 5.41) is 7.59. The van der Waals surface area contributed by atoms with Crippen molar-refractivity contribution >= 4 is 40.4 Å². The lowest BCUT2D eigenvalue weighted by Gasteiger charge is -2.17. The molecule has 1 aromatic carbocycles. The lowest BCUT2D eigenvalue weighted by Crippen LogP contribution is -2.43. The van der Waals surface area contributed by atoms with Crippen molar-refractivity contribution in [1.82, 2.24) is 15.1 Å². The zero-order valence-corrected chi connectivity index (χ0v) is 17.2. The van der Waals surface area contributed by atoms with E-state index in [-0.39, 0.29) is 24.2 Å². The Hall–Kier alpha value is -1.93. The van der Waals surface area contributed by atoms with E-state index in [2.05, 4.69) is 10.4 Å². The predicted octanol–water partition coefficient (Wildman–Crippen LogP) is 4.21. The van der Waals surface area contributed by atoms with Gasteiger partial charge in [-0.05, 0) is 30.2 Å². The highest BCUT2D eigenvalue weighted by atomic mass is 35.5. The summed E-state index contributed by atoms with van der Waals surface area (Å²) in [5.41, 5.74) is 7.51. The van der Waals surface area contributed by atoms with Gasteiger partial charge in [0.05, 0.1) is 27.3 Å². The summed E-state index contributed by atoms with van der Waals surface area (Å²) < 4.78 is 15.6. The zero-order valence-electron chi connectivity index (χ0n) is 14.9. The number of amides is 1. The number of hydrogen-bond acceptors (Lipinski definition) is 4. The molecule has 0 radical (unpaired) electrons. The molecule has 0 bridgehead atoms. The second kappa shape index (κ2) is 7.15. The van der Waals surface area contributed by atoms with Crippen LogP contribution in [-0.4, -0.2) is 27.8 Å². The second-order valence-electron chi connectivity index (χ2n) is 6.89. The lowest BCUT2D eigenvalue weighted by atomic mass is 10.1. The minimum absolute atomic E-state index is 0.0152. The third kappa shape index (κ3) is 3.33. The number of carbonyl (C=O) groups is 1. The Morgan fingerprint density at radius 1 is 1.46 bits per heavy atom. The smallest absolute Gasteiger partial charge is 0.261 e. The zero-order chi connectivity index (χ0) is 20.1. The number of benzene rings is 1. The second-order valence-corrected chi connectivity index (χ2v) is 8.95. The molecule has 2 aromatic heterocycles. The minimum Gasteiger partial charge on any atom is -0.344 e. The fourth-order valence-corrected chi connectivity index (χ4v) is 4.96. The number of rotatable bonds is 5. The van der Waals surface area contributed by atoms with E-state index in [1.54, 1.807) is 23.9 Å². The predicted molar refractivity (Wildman–Crippen MR) is 110 cm³/mol. The number of aromatic nitrogens is 2. The van der Waals surface area contributed by atoms with Crippen LogP contribution in [0, 0.1) is 5.82 Å². The van der Waals surface area contributed by atoms with Crippen LogP contribution in [0.5, 0.6) is 0 Å². The molecular weight excluding hydrogens is 422 g/mol. The Morgan fingerprint density at radius 2 is 2.25 bits per heavy atom. The molecule has 0 saturated heterocycles. The van der Waals surface area contributed by atoms with Gasteiger partial charge in [-0.25, -0.2) is 4.39 Å². The molecule has 2 unspecified atom stereocenters. The number of aryl methyl sites for hydroxylation is 1. The van der Waals surface area contributed by atoms with E-state index in [1.165, 1.54) is 29.7 Å². The van der Waals surface area contributed by atoms with Crippen molar-refractivity contribution in [2.24, 2.45) is 12.8 Å². The highest BCUT2D eigenvalue weighted by Crippen LogP contribution is 2.51. The van der Waals surface area contributed by atoms with Gasteiger partial charge in [-0.2, -0.15) is 5.10 Å². The van der Waals surface area contributed by atoms with Gasteiger partial charge in [-0.1, -0.05) is 35.3 Å². The highest BCUT2D eigenvalue weighted by molar-refractivity contribution is 7.18. The Balaban J connectivity index is 1.57. The van der Waals surface area contributed by atoms with Crippen molar-refractivity contribution < 1.29 is 9.18 Å². The number of carbonyl (C=O) groups excluding carboxylic acids is 1. The normalized spacial score (nSPS) is 21.0. The highest BCUT2D eigenvalue weighted by Gasteiger charge is 2.55. The largest absolute Gasteiger partial charge is 0.344 e. The number of nitrogens with zero attached hydrogens (tertiary/aromatic N) is 2. The fraction of sp³-hybridized carbons (Fsp3) is 0.263. The van der Waals surface area contributed by atoms with Gasteiger partial charge in [0, 0.05) is 25.1 Å². The molecule has 146 valence electrons. The Morgan fingerprint density at radius 3 is 2.89 bits per heavy atom. The van der Waals surface area contributed by atoms with E-state index in [4.69, 9.17) is 28.9 Å². The average Bonchev–Trinajstić information content (AvgIpc) is 3.11. The maximum Gasteiger partial charge on any atom is 0.261 e. The van der Waals surface area contributed by atoms with Crippen molar-refractivity contribution in [2.45, 2.75) is 17.9 Å². The molecule has 4 rings (SSSR count). The van der Waals surface area contributed by atoms with Crippen molar-refractivity contribution in [1.29, 1.82) is 0 Å². The molecule has 0 spiro atoms. The van der Waals surface area contributed by atoms with E-state index >= 15 is 0 Å². The molecule has 1 aliphatic carbocycles. The first-order valence-corrected chi connectivity index (χ1v) is 10.2. The number of thiophene rings is 1. The van der Waals surface area contributed by atoms with E-state index in [0.717, 1.165) is 5.56 Å². The van der Waals surface area contributed by atoms with Crippen molar-refractivity contribution in [3.63, 3.8) is 0 Å². The fourth-order valence-electron chi connectivity index (χ4n) is 3.52. The van der Waals surface area contributed by atoms with Crippen LogP contribution in [0.2, 0.25) is 9.36 Å². The third-order valence-corrected chi connectivity index (χ3v) is 6.75. The first-order valence-electron chi connectivity index (χ1n) is 8.60. The van der Waals surface area contributed by atoms with Crippen LogP contribution in [0.1, 0.15) is 27.6 Å². The summed E-state index contributed by atoms with van der Waals surface area (Å²) in [6.45, 7) is 0.263. The van der Waals surface area contributed by atoms with Gasteiger partial charge in [-0.15, -0.1) is 11.3 Å². The summed E-state index contributed by atoms with van der Waals surface area (Å²) in [5.74, 6) is -0.580. The van der Waals surface area contributed by atoms with Crippen LogP contribution >= 0.6 is 34.5 Å². The molecule has 2 heterocycles. The van der Waals surface area contributed by atoms with E-state index < -0.39 is 5.54 Å². The lowest BCUT2D eigenvalue weighted by molar-refractivity contribution is 0.0935. The van der Waals surface area contributed by atoms with Crippen LogP contribution in [0.15, 0.2) is 36.5 Å². The maximum atomic E-state index is 13.5. The molecule has 28 heavy (non-hydrogen) atoms. The topological polar surface area (TPSA) is 72.9 Å². The molecule has 5 nitrogen and oxygen atoms in total. The van der Waals surface area contributed by atoms with Gasteiger partial charge in [0.1, 0.15) is 10.2 Å². The van der Waals surface area contributed by atoms with E-state index in [9.17, 15) is 9.18 Å². The Labute approximate surface area is 175 Å². The summed E-state index contributed by atoms with van der Waals surface area (Å²) in [4.78, 5) is 13.3. The van der Waals surface area contributed by atoms with Gasteiger partial charge in [0.25, 0.3) is 5.91 Å². The number of nitrogens with one attached hydrogen (secondary N) is 1. The molecule has 1 amide bonds. The maximum absolute atomic E-state index is 13.5. The molecule has 1 fully saturated rings. The molecule has 3 aromatic rings. The minimum atomic E-state index is -0.578. The average molecular weight is 439 g/mol. The number of hydrogen-bond donors (Lipinski definition) is 2. The van der Waals surface area contributed by atoms with E-state index in [0.29, 0.717) is 31.9 Å². The van der Waals surface area contributed by atoms with Crippen LogP contribution in [0.25, 0.3) is 11.3 Å². The van der Waals surface area contributed by atoms with Gasteiger partial charge >= 0.3 is 0 Å². The van der Waals surface area contributed by atoms with Gasteiger partial charge in [0.15, 0.2) is 0 Å². The standard InChI is InChI=1S/C19H17Cl2FN4OS/c1-26-16(14(20)8-24-26)12-6-15(28-17(12)21)18(27)25-19(9-23)7-13(19)10-3-2-4-11(22)5-10/h2-6,8,13H,7,9,23H2,1H3,(H,25,27). The molecule has 9 heteroatoms. The van der Waals surface area contributed by atoms with Crippen molar-refractivity contribution in [3.8, 4) is 11.3 Å². The Kier molecular flexibility index (Phi) is 4.95. The summed E-state index contributed by atoms with van der Waals surface area (Å²) in [6.07, 6.45) is 2.19. The summed E-state index contributed by atoms with van der Waals surface area (Å²) in [6, 6.07) is 8.10.